The van der Waals surface area contributed by atoms with E-state index in [1.165, 1.54) is 27.3 Å². The van der Waals surface area contributed by atoms with Gasteiger partial charge in [-0.1, -0.05) is 6.08 Å². The van der Waals surface area contributed by atoms with E-state index in [9.17, 15) is 9.59 Å². The van der Waals surface area contributed by atoms with E-state index in [2.05, 4.69) is 57.9 Å². The van der Waals surface area contributed by atoms with E-state index in [4.69, 9.17) is 4.98 Å². The van der Waals surface area contributed by atoms with Crippen molar-refractivity contribution >= 4 is 28.4 Å². The summed E-state index contributed by atoms with van der Waals surface area (Å²) in [5, 5.41) is 8.15. The van der Waals surface area contributed by atoms with Crippen LogP contribution in [0.25, 0.3) is 16.9 Å². The third-order valence-electron chi connectivity index (χ3n) is 6.67. The van der Waals surface area contributed by atoms with Gasteiger partial charge in [0.25, 0.3) is 11.1 Å². The van der Waals surface area contributed by atoms with E-state index in [1.54, 1.807) is 16.8 Å². The maximum atomic E-state index is 13.2. The summed E-state index contributed by atoms with van der Waals surface area (Å²) in [5.74, 6) is 0.757. The highest BCUT2D eigenvalue weighted by Crippen LogP contribution is 2.27. The Morgan fingerprint density at radius 1 is 1.16 bits per heavy atom. The summed E-state index contributed by atoms with van der Waals surface area (Å²) in [6, 6.07) is 9.10. The Bertz CT molecular complexity index is 1620. The molecule has 0 bridgehead atoms. The first kappa shape index (κ1) is 25.4. The number of aryl methyl sites for hydroxylation is 1. The van der Waals surface area contributed by atoms with Crippen molar-refractivity contribution in [3.8, 4) is 5.82 Å². The highest BCUT2D eigenvalue weighted by molar-refractivity contribution is 5.77. The summed E-state index contributed by atoms with van der Waals surface area (Å²) in [4.78, 5) is 39.3. The number of nitrogens with one attached hydrogen (secondary N) is 1. The lowest BCUT2D eigenvalue weighted by atomic mass is 10.1. The average molecular weight is 516 g/mol. The molecule has 1 saturated heterocycles. The fourth-order valence-electron chi connectivity index (χ4n) is 4.88. The van der Waals surface area contributed by atoms with E-state index < -0.39 is 0 Å². The summed E-state index contributed by atoms with van der Waals surface area (Å²) in [7, 11) is 2.14. The Hall–Kier alpha value is -4.25. The highest BCUT2D eigenvalue weighted by Gasteiger charge is 2.20. The molecular weight excluding hydrogens is 482 g/mol. The minimum atomic E-state index is -0.262. The molecule has 4 heterocycles. The molecule has 1 aliphatic rings. The van der Waals surface area contributed by atoms with E-state index in [1.807, 2.05) is 19.9 Å². The fraction of sp³-hybridized carbons (Fsp3) is 0.370. The van der Waals surface area contributed by atoms with Crippen LogP contribution in [-0.4, -0.2) is 60.8 Å². The molecule has 11 nitrogen and oxygen atoms in total. The number of hydrogen-bond donors (Lipinski definition) is 1. The Morgan fingerprint density at radius 3 is 2.68 bits per heavy atom. The minimum Gasteiger partial charge on any atom is -0.358 e. The van der Waals surface area contributed by atoms with Crippen LogP contribution in [0.3, 0.4) is 0 Å². The van der Waals surface area contributed by atoms with Crippen molar-refractivity contribution < 1.29 is 0 Å². The Kier molecular flexibility index (Phi) is 6.85. The second-order valence-corrected chi connectivity index (χ2v) is 9.95. The van der Waals surface area contributed by atoms with Crippen LogP contribution in [0.4, 0.5) is 17.3 Å². The molecule has 1 N–H and O–H groups in total. The van der Waals surface area contributed by atoms with Gasteiger partial charge in [-0.3, -0.25) is 14.5 Å². The number of aromatic nitrogens is 6. The maximum Gasteiger partial charge on any atom is 0.278 e. The maximum absolute atomic E-state index is 13.2. The standard InChI is InChI=1S/C27H33N9O2/c1-6-12-34-26(38)21-16-28-27(30-25(21)36(34)23-10-11-24(37)35(31-23)18(2)3)29-20-8-9-22(19(4)15-20)33-14-7-13-32(5)17-33/h6,8-11,15-16,18H,1,7,12-14,17H2,2-5H3,(H,28,29,30). The Balaban J connectivity index is 1.54. The van der Waals surface area contributed by atoms with Gasteiger partial charge in [-0.15, -0.1) is 11.7 Å². The summed E-state index contributed by atoms with van der Waals surface area (Å²) in [6.45, 7) is 12.9. The van der Waals surface area contributed by atoms with Gasteiger partial charge in [0.05, 0.1) is 19.3 Å². The third kappa shape index (κ3) is 4.72. The number of rotatable bonds is 7. The molecule has 5 rings (SSSR count). The Morgan fingerprint density at radius 2 is 1.97 bits per heavy atom. The van der Waals surface area contributed by atoms with Gasteiger partial charge in [0, 0.05) is 36.7 Å². The molecule has 0 saturated carbocycles. The first-order chi connectivity index (χ1) is 18.3. The largest absolute Gasteiger partial charge is 0.358 e. The van der Waals surface area contributed by atoms with E-state index in [-0.39, 0.29) is 23.7 Å². The third-order valence-corrected chi connectivity index (χ3v) is 6.67. The van der Waals surface area contributed by atoms with Crippen LogP contribution in [-0.2, 0) is 6.54 Å². The van der Waals surface area contributed by atoms with Gasteiger partial charge >= 0.3 is 0 Å². The topological polar surface area (TPSA) is 106 Å². The smallest absolute Gasteiger partial charge is 0.278 e. The lowest BCUT2D eigenvalue weighted by Crippen LogP contribution is -2.43. The van der Waals surface area contributed by atoms with Crippen molar-refractivity contribution in [1.82, 2.24) is 34.0 Å². The quantitative estimate of drug-likeness (QED) is 0.375. The second-order valence-electron chi connectivity index (χ2n) is 9.95. The van der Waals surface area contributed by atoms with Crippen molar-refractivity contribution in [3.63, 3.8) is 0 Å². The van der Waals surface area contributed by atoms with Gasteiger partial charge in [0.2, 0.25) is 5.95 Å². The zero-order valence-electron chi connectivity index (χ0n) is 22.3. The molecule has 11 heteroatoms. The van der Waals surface area contributed by atoms with Crippen molar-refractivity contribution in [3.05, 3.63) is 75.5 Å². The van der Waals surface area contributed by atoms with Crippen LogP contribution in [0, 0.1) is 6.92 Å². The van der Waals surface area contributed by atoms with Crippen LogP contribution < -0.4 is 21.3 Å². The van der Waals surface area contributed by atoms with Gasteiger partial charge < -0.3 is 10.2 Å². The van der Waals surface area contributed by atoms with Gasteiger partial charge in [0.15, 0.2) is 11.5 Å². The van der Waals surface area contributed by atoms with E-state index >= 15 is 0 Å². The van der Waals surface area contributed by atoms with Gasteiger partial charge in [0.1, 0.15) is 5.39 Å². The molecule has 0 unspecified atom stereocenters. The molecule has 1 fully saturated rings. The number of nitrogens with zero attached hydrogens (tertiary/aromatic N) is 8. The predicted molar refractivity (Wildman–Crippen MR) is 150 cm³/mol. The Labute approximate surface area is 220 Å². The molecule has 38 heavy (non-hydrogen) atoms. The molecule has 0 radical (unpaired) electrons. The molecule has 1 aromatic carbocycles. The van der Waals surface area contributed by atoms with Crippen LogP contribution in [0.15, 0.2) is 58.8 Å². The number of fused-ring (bicyclic) bond motifs is 1. The van der Waals surface area contributed by atoms with Crippen LogP contribution in [0.2, 0.25) is 0 Å². The number of allylic oxidation sites excluding steroid dienone is 1. The molecule has 1 aliphatic heterocycles. The molecule has 0 aliphatic carbocycles. The normalized spacial score (nSPS) is 14.4. The van der Waals surface area contributed by atoms with E-state index in [0.29, 0.717) is 22.8 Å². The SMILES string of the molecule is C=CCn1c(=O)c2cnc(Nc3ccc(N4CCCN(C)C4)c(C)c3)nc2n1-c1ccc(=O)n(C(C)C)n1. The number of anilines is 3. The average Bonchev–Trinajstić information content (AvgIpc) is 3.15. The van der Waals surface area contributed by atoms with Crippen molar-refractivity contribution in [2.75, 3.05) is 37.0 Å². The molecular formula is C27H33N9O2. The van der Waals surface area contributed by atoms with Crippen molar-refractivity contribution in [1.29, 1.82) is 0 Å². The summed E-state index contributed by atoms with van der Waals surface area (Å²) in [6.07, 6.45) is 4.29. The molecule has 0 atom stereocenters. The first-order valence-corrected chi connectivity index (χ1v) is 12.8. The lowest BCUT2D eigenvalue weighted by Gasteiger charge is -2.35. The van der Waals surface area contributed by atoms with Crippen LogP contribution >= 0.6 is 0 Å². The van der Waals surface area contributed by atoms with Gasteiger partial charge in [-0.05, 0) is 64.1 Å². The number of benzene rings is 1. The molecule has 3 aromatic heterocycles. The van der Waals surface area contributed by atoms with Crippen molar-refractivity contribution in [2.24, 2.45) is 0 Å². The van der Waals surface area contributed by atoms with Crippen molar-refractivity contribution in [2.45, 2.75) is 39.8 Å². The zero-order valence-corrected chi connectivity index (χ0v) is 22.3. The van der Waals surface area contributed by atoms with Crippen LogP contribution in [0.1, 0.15) is 31.9 Å². The number of hydrogen-bond acceptors (Lipinski definition) is 8. The first-order valence-electron chi connectivity index (χ1n) is 12.8. The monoisotopic (exact) mass is 515 g/mol. The summed E-state index contributed by atoms with van der Waals surface area (Å²) in [5.41, 5.74) is 3.12. The molecule has 0 spiro atoms. The molecule has 4 aromatic rings. The lowest BCUT2D eigenvalue weighted by molar-refractivity contribution is 0.292. The summed E-state index contributed by atoms with van der Waals surface area (Å²) < 4.78 is 4.49. The summed E-state index contributed by atoms with van der Waals surface area (Å²) >= 11 is 0. The van der Waals surface area contributed by atoms with Crippen LogP contribution in [0.5, 0.6) is 0 Å². The predicted octanol–water partition coefficient (Wildman–Crippen LogP) is 3.06. The fourth-order valence-corrected chi connectivity index (χ4v) is 4.88. The molecule has 198 valence electrons. The minimum absolute atomic E-state index is 0.146. The highest BCUT2D eigenvalue weighted by atomic mass is 16.1. The van der Waals surface area contributed by atoms with E-state index in [0.717, 1.165) is 37.4 Å². The second kappa shape index (κ2) is 10.3. The zero-order chi connectivity index (χ0) is 27.0. The molecule has 0 amide bonds. The van der Waals surface area contributed by atoms with Gasteiger partial charge in [-0.25, -0.2) is 19.0 Å². The van der Waals surface area contributed by atoms with Gasteiger partial charge in [-0.2, -0.15) is 4.98 Å².